The third-order valence-corrected chi connectivity index (χ3v) is 3.81. The average molecular weight is 358 g/mol. The number of carboxylic acid groups (broad SMARTS) is 2. The van der Waals surface area contributed by atoms with Crippen molar-refractivity contribution in [3.63, 3.8) is 0 Å². The van der Waals surface area contributed by atoms with Crippen LogP contribution in [0.1, 0.15) is 24.0 Å². The third kappa shape index (κ3) is 8.96. The molecule has 6 N–H and O–H groups in total. The predicted molar refractivity (Wildman–Crippen MR) is 101 cm³/mol. The predicted octanol–water partition coefficient (Wildman–Crippen LogP) is 2.06. The topological polar surface area (TPSA) is 127 Å². The molecule has 2 aromatic carbocycles. The molecule has 0 aliphatic carbocycles. The van der Waals surface area contributed by atoms with Crippen molar-refractivity contribution in [2.75, 3.05) is 0 Å². The number of carboxylic acids is 2. The lowest BCUT2D eigenvalue weighted by Crippen LogP contribution is -2.30. The average Bonchev–Trinajstić information content (AvgIpc) is 2.66. The molecule has 0 aliphatic rings. The fraction of sp³-hybridized carbons (Fsp3) is 0.300. The minimum atomic E-state index is -0.934. The summed E-state index contributed by atoms with van der Waals surface area (Å²) in [6.45, 7) is 0. The number of hydrogen-bond acceptors (Lipinski definition) is 4. The van der Waals surface area contributed by atoms with E-state index in [9.17, 15) is 9.59 Å². The van der Waals surface area contributed by atoms with Crippen LogP contribution in [0.3, 0.4) is 0 Å². The monoisotopic (exact) mass is 358 g/mol. The normalized spacial score (nSPS) is 12.4. The lowest BCUT2D eigenvalue weighted by Gasteiger charge is -2.05. The first-order valence-corrected chi connectivity index (χ1v) is 8.44. The molecule has 0 fully saturated rings. The first kappa shape index (κ1) is 21.3. The van der Waals surface area contributed by atoms with Crippen LogP contribution in [0.2, 0.25) is 0 Å². The maximum Gasteiger partial charge on any atom is 0.320 e. The Hall–Kier alpha value is -2.70. The minimum Gasteiger partial charge on any atom is -0.480 e. The Kier molecular flexibility index (Phi) is 9.67. The van der Waals surface area contributed by atoms with Crippen LogP contribution >= 0.6 is 0 Å². The van der Waals surface area contributed by atoms with Crippen LogP contribution in [0.15, 0.2) is 60.7 Å². The summed E-state index contributed by atoms with van der Waals surface area (Å²) in [6, 6.07) is 18.0. The van der Waals surface area contributed by atoms with Gasteiger partial charge in [0.2, 0.25) is 0 Å². The van der Waals surface area contributed by atoms with Gasteiger partial charge in [0.05, 0.1) is 0 Å². The van der Waals surface area contributed by atoms with Crippen molar-refractivity contribution in [3.8, 4) is 0 Å². The van der Waals surface area contributed by atoms with Gasteiger partial charge in [-0.1, -0.05) is 60.7 Å². The summed E-state index contributed by atoms with van der Waals surface area (Å²) in [6.07, 6.45) is 2.40. The molecule has 0 amide bonds. The van der Waals surface area contributed by atoms with Crippen LogP contribution in [0.25, 0.3) is 0 Å². The Labute approximate surface area is 153 Å². The molecule has 2 aromatic rings. The van der Waals surface area contributed by atoms with E-state index in [1.54, 1.807) is 0 Å². The molecule has 0 saturated carbocycles. The smallest absolute Gasteiger partial charge is 0.320 e. The molecule has 0 spiro atoms. The summed E-state index contributed by atoms with van der Waals surface area (Å²) in [5.74, 6) is -1.87. The van der Waals surface area contributed by atoms with E-state index in [0.717, 1.165) is 11.1 Å². The van der Waals surface area contributed by atoms with Crippen molar-refractivity contribution in [2.45, 2.75) is 37.8 Å². The maximum absolute atomic E-state index is 10.4. The van der Waals surface area contributed by atoms with Gasteiger partial charge in [0.25, 0.3) is 0 Å². The van der Waals surface area contributed by atoms with Crippen LogP contribution in [0.4, 0.5) is 0 Å². The van der Waals surface area contributed by atoms with Gasteiger partial charge >= 0.3 is 11.9 Å². The van der Waals surface area contributed by atoms with Gasteiger partial charge < -0.3 is 21.7 Å². The van der Waals surface area contributed by atoms with Crippen LogP contribution in [0.5, 0.6) is 0 Å². The second-order valence-electron chi connectivity index (χ2n) is 5.94. The standard InChI is InChI=1S/2C10H13NO2/c2*11-9(10(12)13)7-6-8-4-2-1-3-5-8/h2*1-5,9H,6-7,11H2,(H,12,13). The minimum absolute atomic E-state index is 0.485. The molecule has 0 aliphatic heterocycles. The zero-order valence-corrected chi connectivity index (χ0v) is 14.6. The molecular weight excluding hydrogens is 332 g/mol. The molecule has 6 nitrogen and oxygen atoms in total. The summed E-state index contributed by atoms with van der Waals surface area (Å²) in [7, 11) is 0. The fourth-order valence-corrected chi connectivity index (χ4v) is 2.18. The van der Waals surface area contributed by atoms with E-state index < -0.39 is 24.0 Å². The van der Waals surface area contributed by atoms with E-state index in [0.29, 0.717) is 25.7 Å². The van der Waals surface area contributed by atoms with Crippen molar-refractivity contribution in [1.82, 2.24) is 0 Å². The van der Waals surface area contributed by atoms with E-state index in [4.69, 9.17) is 21.7 Å². The molecule has 26 heavy (non-hydrogen) atoms. The maximum atomic E-state index is 10.4. The van der Waals surface area contributed by atoms with E-state index in [1.165, 1.54) is 0 Å². The largest absolute Gasteiger partial charge is 0.480 e. The van der Waals surface area contributed by atoms with Gasteiger partial charge in [-0.15, -0.1) is 0 Å². The molecule has 0 heterocycles. The highest BCUT2D eigenvalue weighted by Crippen LogP contribution is 2.04. The molecule has 0 bridgehead atoms. The Balaban J connectivity index is 0.000000260. The quantitative estimate of drug-likeness (QED) is 0.572. The van der Waals surface area contributed by atoms with E-state index in [2.05, 4.69) is 0 Å². The van der Waals surface area contributed by atoms with Crippen LogP contribution in [0, 0.1) is 0 Å². The first-order valence-electron chi connectivity index (χ1n) is 8.44. The van der Waals surface area contributed by atoms with Gasteiger partial charge in [-0.05, 0) is 36.8 Å². The Morgan fingerprint density at radius 3 is 1.27 bits per heavy atom. The molecule has 0 aromatic heterocycles. The number of benzene rings is 2. The molecule has 2 atom stereocenters. The highest BCUT2D eigenvalue weighted by Gasteiger charge is 2.11. The molecule has 2 unspecified atom stereocenters. The molecule has 0 saturated heterocycles. The Bertz CT molecular complexity index is 603. The third-order valence-electron chi connectivity index (χ3n) is 3.81. The first-order chi connectivity index (χ1) is 12.4. The lowest BCUT2D eigenvalue weighted by molar-refractivity contribution is -0.139. The number of rotatable bonds is 8. The second-order valence-corrected chi connectivity index (χ2v) is 5.94. The Morgan fingerprint density at radius 1 is 0.692 bits per heavy atom. The van der Waals surface area contributed by atoms with Crippen LogP contribution < -0.4 is 11.5 Å². The summed E-state index contributed by atoms with van der Waals surface area (Å²) in [5.41, 5.74) is 13.0. The zero-order chi connectivity index (χ0) is 19.4. The van der Waals surface area contributed by atoms with E-state index in [1.807, 2.05) is 60.7 Å². The number of nitrogens with two attached hydrogens (primary N) is 2. The van der Waals surface area contributed by atoms with Crippen LogP contribution in [-0.2, 0) is 22.4 Å². The highest BCUT2D eigenvalue weighted by molar-refractivity contribution is 5.73. The van der Waals surface area contributed by atoms with Crippen molar-refractivity contribution in [3.05, 3.63) is 71.8 Å². The van der Waals surface area contributed by atoms with Gasteiger partial charge in [-0.3, -0.25) is 9.59 Å². The highest BCUT2D eigenvalue weighted by atomic mass is 16.4. The SMILES string of the molecule is NC(CCc1ccccc1)C(=O)O.NC(CCc1ccccc1)C(=O)O. The van der Waals surface area contributed by atoms with Gasteiger partial charge in [0.1, 0.15) is 12.1 Å². The van der Waals surface area contributed by atoms with E-state index >= 15 is 0 Å². The molecule has 6 heteroatoms. The lowest BCUT2D eigenvalue weighted by atomic mass is 10.1. The van der Waals surface area contributed by atoms with Gasteiger partial charge in [0.15, 0.2) is 0 Å². The van der Waals surface area contributed by atoms with E-state index in [-0.39, 0.29) is 0 Å². The number of hydrogen-bond donors (Lipinski definition) is 4. The van der Waals surface area contributed by atoms with Crippen molar-refractivity contribution < 1.29 is 19.8 Å². The zero-order valence-electron chi connectivity index (χ0n) is 14.6. The molecular formula is C20H26N2O4. The summed E-state index contributed by atoms with van der Waals surface area (Å²) < 4.78 is 0. The van der Waals surface area contributed by atoms with Gasteiger partial charge in [0, 0.05) is 0 Å². The molecule has 0 radical (unpaired) electrons. The summed E-state index contributed by atoms with van der Waals surface area (Å²) in [4.78, 5) is 20.8. The number of carbonyl (C=O) groups is 2. The van der Waals surface area contributed by atoms with Crippen molar-refractivity contribution in [2.24, 2.45) is 11.5 Å². The molecule has 2 rings (SSSR count). The van der Waals surface area contributed by atoms with Gasteiger partial charge in [-0.25, -0.2) is 0 Å². The second kappa shape index (κ2) is 11.8. The summed E-state index contributed by atoms with van der Waals surface area (Å²) >= 11 is 0. The summed E-state index contributed by atoms with van der Waals surface area (Å²) in [5, 5.41) is 17.1. The molecule has 140 valence electrons. The van der Waals surface area contributed by atoms with Crippen LogP contribution in [-0.4, -0.2) is 34.2 Å². The fourth-order valence-electron chi connectivity index (χ4n) is 2.18. The number of aliphatic carboxylic acids is 2. The Morgan fingerprint density at radius 2 is 1.00 bits per heavy atom. The van der Waals surface area contributed by atoms with Crippen molar-refractivity contribution >= 4 is 11.9 Å². The number of aryl methyl sites for hydroxylation is 2. The van der Waals surface area contributed by atoms with Gasteiger partial charge in [-0.2, -0.15) is 0 Å². The van der Waals surface area contributed by atoms with Crippen molar-refractivity contribution in [1.29, 1.82) is 0 Å².